The summed E-state index contributed by atoms with van der Waals surface area (Å²) in [5.74, 6) is -0.572. The van der Waals surface area contributed by atoms with Gasteiger partial charge in [-0.25, -0.2) is 8.78 Å². The quantitative estimate of drug-likeness (QED) is 0.857. The van der Waals surface area contributed by atoms with Gasteiger partial charge in [-0.2, -0.15) is 0 Å². The lowest BCUT2D eigenvalue weighted by molar-refractivity contribution is 0.0613. The van der Waals surface area contributed by atoms with Crippen molar-refractivity contribution in [2.75, 3.05) is 7.11 Å². The zero-order chi connectivity index (χ0) is 11.7. The molecule has 2 nitrogen and oxygen atoms in total. The molecular formula is C12H15F2NO. The van der Waals surface area contributed by atoms with Crippen molar-refractivity contribution >= 4 is 0 Å². The number of hydrogen-bond acceptors (Lipinski definition) is 2. The Morgan fingerprint density at radius 1 is 1.38 bits per heavy atom. The van der Waals surface area contributed by atoms with E-state index in [9.17, 15) is 8.78 Å². The van der Waals surface area contributed by atoms with E-state index in [-0.39, 0.29) is 11.7 Å². The van der Waals surface area contributed by atoms with E-state index in [4.69, 9.17) is 10.5 Å². The van der Waals surface area contributed by atoms with Crippen LogP contribution in [-0.4, -0.2) is 13.2 Å². The smallest absolute Gasteiger partial charge is 0.128 e. The summed E-state index contributed by atoms with van der Waals surface area (Å²) < 4.78 is 31.8. The summed E-state index contributed by atoms with van der Waals surface area (Å²) in [5.41, 5.74) is 6.12. The van der Waals surface area contributed by atoms with Crippen molar-refractivity contribution in [2.45, 2.75) is 25.0 Å². The number of benzene rings is 1. The van der Waals surface area contributed by atoms with Crippen LogP contribution < -0.4 is 5.73 Å². The SMILES string of the molecule is COC(C1CC1)C(N)c1cc(F)ccc1F. The van der Waals surface area contributed by atoms with Gasteiger partial charge in [0.05, 0.1) is 12.1 Å². The third-order valence-electron chi connectivity index (χ3n) is 3.03. The van der Waals surface area contributed by atoms with Crippen molar-refractivity contribution in [2.24, 2.45) is 11.7 Å². The van der Waals surface area contributed by atoms with Gasteiger partial charge in [0.1, 0.15) is 11.6 Å². The standard InChI is InChI=1S/C12H15F2NO/c1-16-12(7-2-3-7)11(15)9-6-8(13)4-5-10(9)14/h4-7,11-12H,2-3,15H2,1H3. The Labute approximate surface area is 93.4 Å². The highest BCUT2D eigenvalue weighted by Crippen LogP contribution is 2.39. The number of hydrogen-bond donors (Lipinski definition) is 1. The van der Waals surface area contributed by atoms with Gasteiger partial charge in [0.15, 0.2) is 0 Å². The summed E-state index contributed by atoms with van der Waals surface area (Å²) in [7, 11) is 1.56. The van der Waals surface area contributed by atoms with E-state index in [1.165, 1.54) is 0 Å². The molecule has 1 fully saturated rings. The van der Waals surface area contributed by atoms with Gasteiger partial charge >= 0.3 is 0 Å². The molecule has 0 bridgehead atoms. The molecule has 16 heavy (non-hydrogen) atoms. The maximum Gasteiger partial charge on any atom is 0.128 e. The Kier molecular flexibility index (Phi) is 3.21. The van der Waals surface area contributed by atoms with Crippen LogP contribution in [0, 0.1) is 17.6 Å². The van der Waals surface area contributed by atoms with Crippen LogP contribution in [0.5, 0.6) is 0 Å². The summed E-state index contributed by atoms with van der Waals surface area (Å²) in [4.78, 5) is 0. The van der Waals surface area contributed by atoms with E-state index < -0.39 is 17.7 Å². The van der Waals surface area contributed by atoms with Crippen molar-refractivity contribution in [1.29, 1.82) is 0 Å². The van der Waals surface area contributed by atoms with Crippen LogP contribution in [0.25, 0.3) is 0 Å². The Morgan fingerprint density at radius 2 is 2.06 bits per heavy atom. The molecule has 0 amide bonds. The van der Waals surface area contributed by atoms with Gasteiger partial charge in [0, 0.05) is 12.7 Å². The molecule has 0 saturated heterocycles. The molecule has 1 aromatic carbocycles. The van der Waals surface area contributed by atoms with Gasteiger partial charge in [-0.1, -0.05) is 0 Å². The minimum absolute atomic E-state index is 0.193. The molecule has 2 N–H and O–H groups in total. The lowest BCUT2D eigenvalue weighted by Crippen LogP contribution is -2.30. The van der Waals surface area contributed by atoms with Gasteiger partial charge in [0.25, 0.3) is 0 Å². The molecule has 4 heteroatoms. The molecule has 1 aliphatic carbocycles. The molecule has 2 unspecified atom stereocenters. The summed E-state index contributed by atoms with van der Waals surface area (Å²) in [6, 6.07) is 2.73. The first-order valence-corrected chi connectivity index (χ1v) is 5.37. The third-order valence-corrected chi connectivity index (χ3v) is 3.03. The Morgan fingerprint density at radius 3 is 2.62 bits per heavy atom. The molecule has 0 spiro atoms. The zero-order valence-electron chi connectivity index (χ0n) is 9.12. The fourth-order valence-electron chi connectivity index (χ4n) is 2.00. The Bertz CT molecular complexity index is 379. The third kappa shape index (κ3) is 2.23. The highest BCUT2D eigenvalue weighted by molar-refractivity contribution is 5.23. The van der Waals surface area contributed by atoms with Crippen molar-refractivity contribution in [3.8, 4) is 0 Å². The van der Waals surface area contributed by atoms with E-state index in [0.29, 0.717) is 5.92 Å². The van der Waals surface area contributed by atoms with Crippen molar-refractivity contribution in [1.82, 2.24) is 0 Å². The van der Waals surface area contributed by atoms with Crippen molar-refractivity contribution < 1.29 is 13.5 Å². The molecule has 0 heterocycles. The first-order valence-electron chi connectivity index (χ1n) is 5.37. The van der Waals surface area contributed by atoms with Gasteiger partial charge in [0.2, 0.25) is 0 Å². The maximum absolute atomic E-state index is 13.5. The lowest BCUT2D eigenvalue weighted by atomic mass is 9.98. The fraction of sp³-hybridized carbons (Fsp3) is 0.500. The van der Waals surface area contributed by atoms with Crippen LogP contribution >= 0.6 is 0 Å². The number of halogens is 2. The van der Waals surface area contributed by atoms with Gasteiger partial charge < -0.3 is 10.5 Å². The minimum Gasteiger partial charge on any atom is -0.379 e. The van der Waals surface area contributed by atoms with Crippen molar-refractivity contribution in [3.05, 3.63) is 35.4 Å². The monoisotopic (exact) mass is 227 g/mol. The Hall–Kier alpha value is -1.00. The minimum atomic E-state index is -0.604. The predicted octanol–water partition coefficient (Wildman–Crippen LogP) is 2.39. The topological polar surface area (TPSA) is 35.2 Å². The number of nitrogens with two attached hydrogens (primary N) is 1. The first kappa shape index (κ1) is 11.5. The molecule has 2 rings (SSSR count). The van der Waals surface area contributed by atoms with Crippen LogP contribution in [0.4, 0.5) is 8.78 Å². The molecule has 0 aliphatic heterocycles. The molecule has 1 aliphatic rings. The average molecular weight is 227 g/mol. The number of rotatable bonds is 4. The average Bonchev–Trinajstić information content (AvgIpc) is 3.07. The highest BCUT2D eigenvalue weighted by Gasteiger charge is 2.36. The summed E-state index contributed by atoms with van der Waals surface area (Å²) in [6.45, 7) is 0. The summed E-state index contributed by atoms with van der Waals surface area (Å²) in [6.07, 6.45) is 1.86. The second-order valence-corrected chi connectivity index (χ2v) is 4.23. The largest absolute Gasteiger partial charge is 0.379 e. The van der Waals surface area contributed by atoms with E-state index in [1.807, 2.05) is 0 Å². The second-order valence-electron chi connectivity index (χ2n) is 4.23. The van der Waals surface area contributed by atoms with Gasteiger partial charge in [-0.05, 0) is 37.0 Å². The lowest BCUT2D eigenvalue weighted by Gasteiger charge is -2.23. The van der Waals surface area contributed by atoms with E-state index in [0.717, 1.165) is 31.0 Å². The molecule has 1 aromatic rings. The van der Waals surface area contributed by atoms with Crippen molar-refractivity contribution in [3.63, 3.8) is 0 Å². The predicted molar refractivity (Wildman–Crippen MR) is 56.8 cm³/mol. The fourth-order valence-corrected chi connectivity index (χ4v) is 2.00. The molecule has 1 saturated carbocycles. The van der Waals surface area contributed by atoms with Gasteiger partial charge in [-0.15, -0.1) is 0 Å². The second kappa shape index (κ2) is 4.47. The normalized spacial score (nSPS) is 19.5. The Balaban J connectivity index is 2.24. The molecule has 0 radical (unpaired) electrons. The molecule has 88 valence electrons. The first-order chi connectivity index (χ1) is 7.63. The van der Waals surface area contributed by atoms with Crippen LogP contribution in [0.1, 0.15) is 24.4 Å². The van der Waals surface area contributed by atoms with Crippen LogP contribution in [0.15, 0.2) is 18.2 Å². The number of ether oxygens (including phenoxy) is 1. The highest BCUT2D eigenvalue weighted by atomic mass is 19.1. The summed E-state index contributed by atoms with van der Waals surface area (Å²) in [5, 5.41) is 0. The molecular weight excluding hydrogens is 212 g/mol. The van der Waals surface area contributed by atoms with Gasteiger partial charge in [-0.3, -0.25) is 0 Å². The maximum atomic E-state index is 13.5. The van der Waals surface area contributed by atoms with E-state index in [1.54, 1.807) is 7.11 Å². The van der Waals surface area contributed by atoms with E-state index in [2.05, 4.69) is 0 Å². The summed E-state index contributed by atoms with van der Waals surface area (Å²) >= 11 is 0. The molecule has 0 aromatic heterocycles. The van der Waals surface area contributed by atoms with Crippen LogP contribution in [0.3, 0.4) is 0 Å². The molecule has 2 atom stereocenters. The van der Waals surface area contributed by atoms with E-state index >= 15 is 0 Å². The van der Waals surface area contributed by atoms with Crippen LogP contribution in [0.2, 0.25) is 0 Å². The zero-order valence-corrected chi connectivity index (χ0v) is 9.12. The van der Waals surface area contributed by atoms with Crippen LogP contribution in [-0.2, 0) is 4.74 Å². The number of methoxy groups -OCH3 is 1.